The van der Waals surface area contributed by atoms with Crippen LogP contribution in [-0.2, 0) is 0 Å². The number of nitrogens with one attached hydrogen (secondary N) is 2. The largest absolute Gasteiger partial charge is 0.332 e. The van der Waals surface area contributed by atoms with E-state index in [-0.39, 0.29) is 5.69 Å². The first-order valence-electron chi connectivity index (χ1n) is 6.05. The van der Waals surface area contributed by atoms with Crippen molar-refractivity contribution in [1.29, 1.82) is 0 Å². The van der Waals surface area contributed by atoms with E-state index >= 15 is 0 Å². The highest BCUT2D eigenvalue weighted by atomic mass is 32.2. The highest BCUT2D eigenvalue weighted by Gasteiger charge is 2.07. The minimum Gasteiger partial charge on any atom is -0.332 e. The Labute approximate surface area is 131 Å². The summed E-state index contributed by atoms with van der Waals surface area (Å²) < 4.78 is 0. The van der Waals surface area contributed by atoms with E-state index in [4.69, 9.17) is 12.2 Å². The molecule has 0 bridgehead atoms. The maximum atomic E-state index is 10.7. The van der Waals surface area contributed by atoms with Crippen molar-refractivity contribution >= 4 is 46.2 Å². The van der Waals surface area contributed by atoms with Gasteiger partial charge in [0, 0.05) is 22.7 Å². The van der Waals surface area contributed by atoms with E-state index in [2.05, 4.69) is 10.6 Å². The molecule has 108 valence electrons. The van der Waals surface area contributed by atoms with Gasteiger partial charge < -0.3 is 10.6 Å². The predicted octanol–water partition coefficient (Wildman–Crippen LogP) is 4.13. The van der Waals surface area contributed by atoms with Crippen molar-refractivity contribution in [2.24, 2.45) is 0 Å². The predicted molar refractivity (Wildman–Crippen MR) is 91.2 cm³/mol. The molecule has 0 saturated heterocycles. The van der Waals surface area contributed by atoms with Crippen LogP contribution >= 0.6 is 24.0 Å². The normalized spacial score (nSPS) is 9.95. The van der Waals surface area contributed by atoms with Crippen molar-refractivity contribution < 1.29 is 4.92 Å². The molecule has 0 spiro atoms. The quantitative estimate of drug-likeness (QED) is 0.382. The van der Waals surface area contributed by atoms with E-state index in [1.807, 2.05) is 30.5 Å². The number of nitro benzene ring substituents is 1. The number of para-hydroxylation sites is 1. The van der Waals surface area contributed by atoms with E-state index in [1.165, 1.54) is 12.1 Å². The van der Waals surface area contributed by atoms with Crippen LogP contribution in [0.25, 0.3) is 0 Å². The van der Waals surface area contributed by atoms with Crippen molar-refractivity contribution in [3.05, 3.63) is 58.6 Å². The second-order valence-electron chi connectivity index (χ2n) is 4.09. The van der Waals surface area contributed by atoms with Gasteiger partial charge in [-0.05, 0) is 36.7 Å². The third kappa shape index (κ3) is 4.17. The van der Waals surface area contributed by atoms with E-state index in [0.717, 1.165) is 10.6 Å². The van der Waals surface area contributed by atoms with Gasteiger partial charge in [0.1, 0.15) is 0 Å². The zero-order valence-electron chi connectivity index (χ0n) is 11.2. The first kappa shape index (κ1) is 15.3. The molecule has 0 radical (unpaired) electrons. The van der Waals surface area contributed by atoms with Crippen LogP contribution < -0.4 is 10.6 Å². The number of anilines is 2. The molecule has 21 heavy (non-hydrogen) atoms. The molecule has 0 aliphatic heterocycles. The highest BCUT2D eigenvalue weighted by Crippen LogP contribution is 2.25. The number of hydrogen-bond acceptors (Lipinski definition) is 4. The molecule has 5 nitrogen and oxygen atoms in total. The van der Waals surface area contributed by atoms with Crippen molar-refractivity contribution in [2.45, 2.75) is 4.90 Å². The van der Waals surface area contributed by atoms with E-state index < -0.39 is 4.92 Å². The molecular weight excluding hydrogens is 306 g/mol. The van der Waals surface area contributed by atoms with Crippen LogP contribution in [0.15, 0.2) is 53.4 Å². The molecule has 0 atom stereocenters. The lowest BCUT2D eigenvalue weighted by molar-refractivity contribution is -0.384. The van der Waals surface area contributed by atoms with Crippen molar-refractivity contribution in [3.8, 4) is 0 Å². The number of thiocarbonyl (C=S) groups is 1. The Bertz CT molecular complexity index is 677. The molecule has 0 heterocycles. The fraction of sp³-hybridized carbons (Fsp3) is 0.0714. The second-order valence-corrected chi connectivity index (χ2v) is 5.34. The van der Waals surface area contributed by atoms with Gasteiger partial charge in [0.25, 0.3) is 5.69 Å². The maximum Gasteiger partial charge on any atom is 0.271 e. The van der Waals surface area contributed by atoms with Crippen LogP contribution in [0, 0.1) is 10.1 Å². The number of non-ortho nitro benzene ring substituents is 1. The van der Waals surface area contributed by atoms with Crippen molar-refractivity contribution in [2.75, 3.05) is 16.9 Å². The number of hydrogen-bond donors (Lipinski definition) is 2. The molecule has 2 N–H and O–H groups in total. The zero-order valence-corrected chi connectivity index (χ0v) is 12.8. The van der Waals surface area contributed by atoms with Gasteiger partial charge >= 0.3 is 0 Å². The van der Waals surface area contributed by atoms with E-state index in [9.17, 15) is 10.1 Å². The summed E-state index contributed by atoms with van der Waals surface area (Å²) >= 11 is 6.84. The molecule has 0 aliphatic rings. The standard InChI is InChI=1S/C14H13N3O2S2/c1-21-13-8-3-2-7-12(13)16-14(20)15-10-5-4-6-11(9-10)17(18)19/h2-9H,1H3,(H2,15,16,20). The number of thioether (sulfide) groups is 1. The van der Waals surface area contributed by atoms with Crippen LogP contribution in [0.5, 0.6) is 0 Å². The average molecular weight is 319 g/mol. The van der Waals surface area contributed by atoms with Gasteiger partial charge in [0.2, 0.25) is 0 Å². The topological polar surface area (TPSA) is 67.2 Å². The summed E-state index contributed by atoms with van der Waals surface area (Å²) in [4.78, 5) is 11.4. The van der Waals surface area contributed by atoms with Crippen LogP contribution in [0.2, 0.25) is 0 Å². The lowest BCUT2D eigenvalue weighted by Gasteiger charge is -2.12. The van der Waals surface area contributed by atoms with Crippen LogP contribution in [0.1, 0.15) is 0 Å². The van der Waals surface area contributed by atoms with E-state index in [1.54, 1.807) is 23.9 Å². The Morgan fingerprint density at radius 3 is 2.67 bits per heavy atom. The van der Waals surface area contributed by atoms with Gasteiger partial charge in [0.05, 0.1) is 10.6 Å². The fourth-order valence-corrected chi connectivity index (χ4v) is 2.51. The Hall–Kier alpha value is -2.12. The summed E-state index contributed by atoms with van der Waals surface area (Å²) in [5, 5.41) is 17.2. The molecule has 2 aromatic carbocycles. The van der Waals surface area contributed by atoms with E-state index in [0.29, 0.717) is 10.8 Å². The lowest BCUT2D eigenvalue weighted by atomic mass is 10.3. The first-order valence-corrected chi connectivity index (χ1v) is 7.69. The van der Waals surface area contributed by atoms with Gasteiger partial charge in [-0.15, -0.1) is 11.8 Å². The van der Waals surface area contributed by atoms with Crippen LogP contribution in [0.3, 0.4) is 0 Å². The molecule has 0 saturated carbocycles. The van der Waals surface area contributed by atoms with Crippen molar-refractivity contribution in [3.63, 3.8) is 0 Å². The third-order valence-electron chi connectivity index (χ3n) is 2.67. The van der Waals surface area contributed by atoms with Gasteiger partial charge in [-0.25, -0.2) is 0 Å². The van der Waals surface area contributed by atoms with Gasteiger partial charge in [0.15, 0.2) is 5.11 Å². The van der Waals surface area contributed by atoms with Crippen LogP contribution in [-0.4, -0.2) is 16.3 Å². The molecular formula is C14H13N3O2S2. The van der Waals surface area contributed by atoms with Gasteiger partial charge in [-0.3, -0.25) is 10.1 Å². The fourth-order valence-electron chi connectivity index (χ4n) is 1.73. The Kier molecular flexibility index (Phi) is 5.13. The Morgan fingerprint density at radius 2 is 1.95 bits per heavy atom. The number of nitrogens with zero attached hydrogens (tertiary/aromatic N) is 1. The minimum absolute atomic E-state index is 0.0207. The molecule has 0 fully saturated rings. The number of benzene rings is 2. The molecule has 2 aromatic rings. The molecule has 7 heteroatoms. The van der Waals surface area contributed by atoms with Crippen LogP contribution in [0.4, 0.5) is 17.1 Å². The summed E-state index contributed by atoms with van der Waals surface area (Å²) in [5.41, 5.74) is 1.49. The third-order valence-corrected chi connectivity index (χ3v) is 3.67. The molecule has 0 aliphatic carbocycles. The molecule has 0 amide bonds. The monoisotopic (exact) mass is 319 g/mol. The SMILES string of the molecule is CSc1ccccc1NC(=S)Nc1cccc([N+](=O)[O-])c1. The highest BCUT2D eigenvalue weighted by molar-refractivity contribution is 7.98. The average Bonchev–Trinajstić information content (AvgIpc) is 2.48. The summed E-state index contributed by atoms with van der Waals surface area (Å²) in [6.45, 7) is 0. The zero-order chi connectivity index (χ0) is 15.2. The molecule has 2 rings (SSSR count). The lowest BCUT2D eigenvalue weighted by Crippen LogP contribution is -2.19. The molecule has 0 aromatic heterocycles. The minimum atomic E-state index is -0.440. The number of nitro groups is 1. The smallest absolute Gasteiger partial charge is 0.271 e. The Morgan fingerprint density at radius 1 is 1.19 bits per heavy atom. The summed E-state index contributed by atoms with van der Waals surface area (Å²) in [6.07, 6.45) is 1.98. The number of rotatable bonds is 4. The summed E-state index contributed by atoms with van der Waals surface area (Å²) in [7, 11) is 0. The second kappa shape index (κ2) is 7.05. The first-order chi connectivity index (χ1) is 10.1. The Balaban J connectivity index is 2.08. The maximum absolute atomic E-state index is 10.7. The summed E-state index contributed by atoms with van der Waals surface area (Å²) in [6, 6.07) is 14.0. The van der Waals surface area contributed by atoms with Gasteiger partial charge in [-0.1, -0.05) is 18.2 Å². The molecule has 0 unspecified atom stereocenters. The van der Waals surface area contributed by atoms with Gasteiger partial charge in [-0.2, -0.15) is 0 Å². The summed E-state index contributed by atoms with van der Waals surface area (Å²) in [5.74, 6) is 0. The van der Waals surface area contributed by atoms with Crippen molar-refractivity contribution in [1.82, 2.24) is 0 Å².